The highest BCUT2D eigenvalue weighted by atomic mass is 16.5. The Morgan fingerprint density at radius 1 is 1.00 bits per heavy atom. The van der Waals surface area contributed by atoms with E-state index < -0.39 is 30.4 Å². The van der Waals surface area contributed by atoms with Gasteiger partial charge in [0.25, 0.3) is 11.8 Å². The molecule has 36 heavy (non-hydrogen) atoms. The molecule has 3 N–H and O–H groups in total. The van der Waals surface area contributed by atoms with Gasteiger partial charge in [0.15, 0.2) is 24.7 Å². The first-order valence-corrected chi connectivity index (χ1v) is 11.6. The van der Waals surface area contributed by atoms with Crippen LogP contribution in [0, 0.1) is 12.8 Å². The van der Waals surface area contributed by atoms with Crippen LogP contribution in [0.4, 0.5) is 0 Å². The van der Waals surface area contributed by atoms with Crippen molar-refractivity contribution in [1.82, 2.24) is 10.7 Å². The summed E-state index contributed by atoms with van der Waals surface area (Å²) in [5.41, 5.74) is 3.96. The maximum Gasteiger partial charge on any atom is 0.341 e. The monoisotopic (exact) mass is 499 g/mol. The molecular weight excluding hydrogens is 466 g/mol. The van der Waals surface area contributed by atoms with Gasteiger partial charge in [0, 0.05) is 0 Å². The topological polar surface area (TPSA) is 136 Å². The van der Waals surface area contributed by atoms with Crippen molar-refractivity contribution in [2.45, 2.75) is 40.2 Å². The number of carbonyl (C=O) groups excluding carboxylic acids is 2. The number of aryl methyl sites for hydroxylation is 1. The molecule has 0 saturated carbocycles. The van der Waals surface area contributed by atoms with Gasteiger partial charge in [-0.05, 0) is 61.6 Å². The maximum absolute atomic E-state index is 12.7. The molecule has 0 radical (unpaired) electrons. The van der Waals surface area contributed by atoms with E-state index in [0.717, 1.165) is 5.56 Å². The lowest BCUT2D eigenvalue weighted by Crippen LogP contribution is -2.47. The first-order chi connectivity index (χ1) is 17.2. The van der Waals surface area contributed by atoms with Crippen molar-refractivity contribution in [2.75, 3.05) is 19.8 Å². The van der Waals surface area contributed by atoms with E-state index in [-0.39, 0.29) is 18.3 Å². The molecular formula is C26H33N3O7. The minimum atomic E-state index is -1.10. The number of carbonyl (C=O) groups is 3. The number of rotatable bonds is 14. The average Bonchev–Trinajstić information content (AvgIpc) is 2.82. The average molecular weight is 500 g/mol. The highest BCUT2D eigenvalue weighted by Crippen LogP contribution is 2.28. The van der Waals surface area contributed by atoms with Crippen LogP contribution in [0.1, 0.15) is 38.3 Å². The van der Waals surface area contributed by atoms with Crippen LogP contribution in [0.2, 0.25) is 0 Å². The summed E-state index contributed by atoms with van der Waals surface area (Å²) in [4.78, 5) is 35.9. The molecule has 0 unspecified atom stereocenters. The van der Waals surface area contributed by atoms with Crippen LogP contribution in [0.3, 0.4) is 0 Å². The summed E-state index contributed by atoms with van der Waals surface area (Å²) >= 11 is 0. The molecule has 0 spiro atoms. The lowest BCUT2D eigenvalue weighted by atomic mass is 10.0. The van der Waals surface area contributed by atoms with E-state index in [1.54, 1.807) is 31.2 Å². The predicted molar refractivity (Wildman–Crippen MR) is 135 cm³/mol. The zero-order valence-electron chi connectivity index (χ0n) is 20.9. The number of amides is 2. The predicted octanol–water partition coefficient (Wildman–Crippen LogP) is 2.92. The number of para-hydroxylation sites is 1. The number of carboxylic acid groups (broad SMARTS) is 1. The van der Waals surface area contributed by atoms with Gasteiger partial charge in [0.2, 0.25) is 0 Å². The molecule has 0 bridgehead atoms. The molecule has 0 saturated heterocycles. The molecule has 10 heteroatoms. The lowest BCUT2D eigenvalue weighted by Gasteiger charge is -2.19. The summed E-state index contributed by atoms with van der Waals surface area (Å²) in [7, 11) is 0. The molecule has 194 valence electrons. The molecule has 0 aliphatic carbocycles. The van der Waals surface area contributed by atoms with Crippen molar-refractivity contribution in [3.05, 3.63) is 53.6 Å². The van der Waals surface area contributed by atoms with Crippen LogP contribution in [0.15, 0.2) is 47.6 Å². The van der Waals surface area contributed by atoms with Crippen LogP contribution < -0.4 is 25.0 Å². The molecule has 2 amide bonds. The molecule has 0 fully saturated rings. The first-order valence-electron chi connectivity index (χ1n) is 11.6. The van der Waals surface area contributed by atoms with Gasteiger partial charge in [-0.15, -0.1) is 0 Å². The number of hydrazone groups is 1. The normalized spacial score (nSPS) is 11.7. The third-order valence-electron chi connectivity index (χ3n) is 4.82. The van der Waals surface area contributed by atoms with Crippen molar-refractivity contribution in [1.29, 1.82) is 0 Å². The Morgan fingerprint density at radius 2 is 1.72 bits per heavy atom. The Hall–Kier alpha value is -4.08. The molecule has 2 rings (SSSR count). The van der Waals surface area contributed by atoms with Crippen molar-refractivity contribution >= 4 is 24.0 Å². The van der Waals surface area contributed by atoms with Gasteiger partial charge < -0.3 is 24.6 Å². The minimum Gasteiger partial charge on any atom is -0.490 e. The number of benzene rings is 2. The Kier molecular flexibility index (Phi) is 11.2. The molecule has 2 aromatic rings. The fraction of sp³-hybridized carbons (Fsp3) is 0.385. The number of nitrogens with zero attached hydrogens (tertiary/aromatic N) is 1. The highest BCUT2D eigenvalue weighted by Gasteiger charge is 2.22. The van der Waals surface area contributed by atoms with Crippen molar-refractivity contribution < 1.29 is 33.7 Å². The quantitative estimate of drug-likeness (QED) is 0.269. The van der Waals surface area contributed by atoms with Crippen molar-refractivity contribution in [2.24, 2.45) is 11.0 Å². The van der Waals surface area contributed by atoms with E-state index in [2.05, 4.69) is 15.8 Å². The fourth-order valence-corrected chi connectivity index (χ4v) is 3.18. The third-order valence-corrected chi connectivity index (χ3v) is 4.82. The maximum atomic E-state index is 12.7. The number of carboxylic acids is 1. The summed E-state index contributed by atoms with van der Waals surface area (Å²) < 4.78 is 16.3. The zero-order valence-corrected chi connectivity index (χ0v) is 20.9. The van der Waals surface area contributed by atoms with Gasteiger partial charge in [-0.25, -0.2) is 10.2 Å². The zero-order chi connectivity index (χ0) is 26.5. The minimum absolute atomic E-state index is 0.148. The second-order valence-electron chi connectivity index (χ2n) is 8.36. The Morgan fingerprint density at radius 3 is 2.39 bits per heavy atom. The molecule has 0 aliphatic heterocycles. The molecule has 0 heterocycles. The van der Waals surface area contributed by atoms with Gasteiger partial charge in [-0.1, -0.05) is 32.0 Å². The summed E-state index contributed by atoms with van der Waals surface area (Å²) in [6, 6.07) is 11.4. The molecule has 0 aliphatic rings. The number of ether oxygens (including phenoxy) is 3. The second kappa shape index (κ2) is 14.3. The number of aliphatic carboxylic acids is 1. The summed E-state index contributed by atoms with van der Waals surface area (Å²) in [5, 5.41) is 15.5. The van der Waals surface area contributed by atoms with Crippen molar-refractivity contribution in [3.8, 4) is 17.2 Å². The summed E-state index contributed by atoms with van der Waals surface area (Å²) in [6.07, 6.45) is 1.83. The van der Waals surface area contributed by atoms with Crippen LogP contribution in [-0.4, -0.2) is 55.0 Å². The van der Waals surface area contributed by atoms with E-state index >= 15 is 0 Å². The molecule has 2 aromatic carbocycles. The third kappa shape index (κ3) is 9.65. The Bertz CT molecular complexity index is 1070. The fourth-order valence-electron chi connectivity index (χ4n) is 3.18. The standard InChI is InChI=1S/C26H33N3O7/c1-5-34-23-13-19(10-11-22(23)36-16-25(31)32)14-27-29-26(33)20(12-17(2)3)28-24(30)15-35-21-9-7-6-8-18(21)4/h6-11,13-14,17,20H,5,12,15-16H2,1-4H3,(H,28,30)(H,29,33)(H,31,32)/b27-14-/t20-/m1/s1. The summed E-state index contributed by atoms with van der Waals surface area (Å²) in [6.45, 7) is 7.21. The van der Waals surface area contributed by atoms with E-state index in [1.165, 1.54) is 6.21 Å². The first kappa shape index (κ1) is 28.2. The van der Waals surface area contributed by atoms with Crippen molar-refractivity contribution in [3.63, 3.8) is 0 Å². The summed E-state index contributed by atoms with van der Waals surface area (Å²) in [5.74, 6) is -0.587. The van der Waals surface area contributed by atoms with Gasteiger partial charge in [0.1, 0.15) is 11.8 Å². The van der Waals surface area contributed by atoms with E-state index in [1.807, 2.05) is 39.0 Å². The van der Waals surface area contributed by atoms with Crippen LogP contribution in [0.25, 0.3) is 0 Å². The largest absolute Gasteiger partial charge is 0.490 e. The highest BCUT2D eigenvalue weighted by molar-refractivity contribution is 5.89. The van der Waals surface area contributed by atoms with Gasteiger partial charge in [0.05, 0.1) is 12.8 Å². The SMILES string of the molecule is CCOc1cc(/C=N\NC(=O)[C@@H](CC(C)C)NC(=O)COc2ccccc2C)ccc1OCC(=O)O. The molecule has 1 atom stereocenters. The van der Waals surface area contributed by atoms with E-state index in [0.29, 0.717) is 30.1 Å². The van der Waals surface area contributed by atoms with Gasteiger partial charge in [-0.2, -0.15) is 5.10 Å². The van der Waals surface area contributed by atoms with Gasteiger partial charge >= 0.3 is 5.97 Å². The van der Waals surface area contributed by atoms with Crippen LogP contribution >= 0.6 is 0 Å². The Labute approximate surface area is 210 Å². The number of hydrogen-bond donors (Lipinski definition) is 3. The lowest BCUT2D eigenvalue weighted by molar-refractivity contribution is -0.139. The number of hydrogen-bond acceptors (Lipinski definition) is 7. The molecule has 0 aromatic heterocycles. The smallest absolute Gasteiger partial charge is 0.341 e. The molecule has 10 nitrogen and oxygen atoms in total. The second-order valence-corrected chi connectivity index (χ2v) is 8.36. The number of nitrogens with one attached hydrogen (secondary N) is 2. The van der Waals surface area contributed by atoms with Crippen LogP contribution in [0.5, 0.6) is 17.2 Å². The van der Waals surface area contributed by atoms with Crippen LogP contribution in [-0.2, 0) is 14.4 Å². The van der Waals surface area contributed by atoms with E-state index in [9.17, 15) is 14.4 Å². The van der Waals surface area contributed by atoms with Gasteiger partial charge in [-0.3, -0.25) is 9.59 Å². The Balaban J connectivity index is 1.99. The van der Waals surface area contributed by atoms with E-state index in [4.69, 9.17) is 19.3 Å².